The molecule has 2 heterocycles. The van der Waals surface area contributed by atoms with Gasteiger partial charge in [-0.25, -0.2) is 0 Å². The van der Waals surface area contributed by atoms with Crippen LogP contribution in [0.1, 0.15) is 12.0 Å². The lowest BCUT2D eigenvalue weighted by Crippen LogP contribution is -2.33. The molecule has 0 saturated carbocycles. The van der Waals surface area contributed by atoms with Crippen LogP contribution in [0.5, 0.6) is 5.75 Å². The first-order valence-corrected chi connectivity index (χ1v) is 7.17. The highest BCUT2D eigenvalue weighted by Crippen LogP contribution is 2.30. The van der Waals surface area contributed by atoms with Crippen molar-refractivity contribution < 1.29 is 9.53 Å². The quantitative estimate of drug-likeness (QED) is 0.906. The molecule has 1 aromatic rings. The summed E-state index contributed by atoms with van der Waals surface area (Å²) in [6, 6.07) is 5.43. The van der Waals surface area contributed by atoms with Crippen molar-refractivity contribution in [3.05, 3.63) is 34.4 Å². The molecule has 1 aromatic carbocycles. The van der Waals surface area contributed by atoms with E-state index < -0.39 is 0 Å². The molecule has 1 atom stereocenters. The molecule has 0 aromatic heterocycles. The minimum absolute atomic E-state index is 0.0478. The molecule has 0 spiro atoms. The number of ether oxygens (including phenoxy) is 1. The summed E-state index contributed by atoms with van der Waals surface area (Å²) in [7, 11) is 0. The number of carbonyl (C=O) groups excluding carboxylic acids is 1. The van der Waals surface area contributed by atoms with Gasteiger partial charge >= 0.3 is 0 Å². The number of likely N-dealkylation sites (tertiary alicyclic amines) is 1. The van der Waals surface area contributed by atoms with E-state index in [1.54, 1.807) is 6.07 Å². The number of hydrogen-bond donors (Lipinski definition) is 1. The van der Waals surface area contributed by atoms with Gasteiger partial charge in [-0.2, -0.15) is 0 Å². The number of nitrogens with zero attached hydrogens (tertiary/aromatic N) is 1. The number of rotatable bonds is 2. The highest BCUT2D eigenvalue weighted by atomic mass is 35.5. The Bertz CT molecular complexity index is 571. The first-order valence-electron chi connectivity index (χ1n) is 6.79. The summed E-state index contributed by atoms with van der Waals surface area (Å²) in [6.45, 7) is 2.48. The Morgan fingerprint density at radius 1 is 1.50 bits per heavy atom. The van der Waals surface area contributed by atoms with Gasteiger partial charge in [-0.1, -0.05) is 11.6 Å². The average Bonchev–Trinajstić information content (AvgIpc) is 2.94. The maximum Gasteiger partial charge on any atom is 0.253 e. The molecular formula is C15H17ClN2O2. The Morgan fingerprint density at radius 2 is 2.35 bits per heavy atom. The SMILES string of the molecule is NCC1CCN(C(=O)C2=Cc3cc(Cl)ccc3OC2)C1. The van der Waals surface area contributed by atoms with Gasteiger partial charge in [0.2, 0.25) is 0 Å². The molecule has 2 aliphatic rings. The van der Waals surface area contributed by atoms with Crippen LogP contribution in [0.3, 0.4) is 0 Å². The topological polar surface area (TPSA) is 55.6 Å². The van der Waals surface area contributed by atoms with Crippen molar-refractivity contribution >= 4 is 23.6 Å². The van der Waals surface area contributed by atoms with Crippen molar-refractivity contribution in [3.63, 3.8) is 0 Å². The molecule has 2 aliphatic heterocycles. The molecule has 0 aliphatic carbocycles. The van der Waals surface area contributed by atoms with Gasteiger partial charge in [0, 0.05) is 23.7 Å². The van der Waals surface area contributed by atoms with E-state index in [9.17, 15) is 4.79 Å². The second kappa shape index (κ2) is 5.46. The predicted molar refractivity (Wildman–Crippen MR) is 78.7 cm³/mol. The van der Waals surface area contributed by atoms with E-state index in [0.717, 1.165) is 30.8 Å². The number of nitrogens with two attached hydrogens (primary N) is 1. The monoisotopic (exact) mass is 292 g/mol. The molecule has 1 unspecified atom stereocenters. The lowest BCUT2D eigenvalue weighted by molar-refractivity contribution is -0.126. The van der Waals surface area contributed by atoms with E-state index in [1.807, 2.05) is 23.1 Å². The summed E-state index contributed by atoms with van der Waals surface area (Å²) in [4.78, 5) is 14.3. The molecule has 0 bridgehead atoms. The fourth-order valence-corrected chi connectivity index (χ4v) is 2.87. The largest absolute Gasteiger partial charge is 0.488 e. The van der Waals surface area contributed by atoms with Gasteiger partial charge in [-0.3, -0.25) is 4.79 Å². The van der Waals surface area contributed by atoms with E-state index in [-0.39, 0.29) is 5.91 Å². The van der Waals surface area contributed by atoms with Crippen LogP contribution in [0.2, 0.25) is 5.02 Å². The Kier molecular flexibility index (Phi) is 3.68. The van der Waals surface area contributed by atoms with E-state index in [1.165, 1.54) is 0 Å². The number of carbonyl (C=O) groups is 1. The van der Waals surface area contributed by atoms with Crippen molar-refractivity contribution in [1.29, 1.82) is 0 Å². The molecule has 1 saturated heterocycles. The third kappa shape index (κ3) is 2.53. The Morgan fingerprint density at radius 3 is 3.10 bits per heavy atom. The van der Waals surface area contributed by atoms with Gasteiger partial charge < -0.3 is 15.4 Å². The smallest absolute Gasteiger partial charge is 0.253 e. The highest BCUT2D eigenvalue weighted by molar-refractivity contribution is 6.30. The van der Waals surface area contributed by atoms with Crippen molar-refractivity contribution in [2.24, 2.45) is 11.7 Å². The van der Waals surface area contributed by atoms with Gasteiger partial charge in [-0.15, -0.1) is 0 Å². The molecule has 5 heteroatoms. The minimum Gasteiger partial charge on any atom is -0.488 e. The highest BCUT2D eigenvalue weighted by Gasteiger charge is 2.28. The second-order valence-corrected chi connectivity index (χ2v) is 5.72. The standard InChI is InChI=1S/C15H17ClN2O2/c16-13-1-2-14-11(6-13)5-12(9-20-14)15(19)18-4-3-10(7-17)8-18/h1-2,5-6,10H,3-4,7-9,17H2. The number of benzene rings is 1. The Balaban J connectivity index is 1.79. The first kappa shape index (κ1) is 13.5. The van der Waals surface area contributed by atoms with Crippen molar-refractivity contribution in [3.8, 4) is 5.75 Å². The zero-order valence-electron chi connectivity index (χ0n) is 11.1. The van der Waals surface area contributed by atoms with Crippen LogP contribution < -0.4 is 10.5 Å². The van der Waals surface area contributed by atoms with Crippen LogP contribution in [0, 0.1) is 5.92 Å². The molecular weight excluding hydrogens is 276 g/mol. The third-order valence-electron chi connectivity index (χ3n) is 3.87. The molecule has 3 rings (SSSR count). The van der Waals surface area contributed by atoms with E-state index in [2.05, 4.69) is 0 Å². The second-order valence-electron chi connectivity index (χ2n) is 5.28. The number of hydrogen-bond acceptors (Lipinski definition) is 3. The summed E-state index contributed by atoms with van der Waals surface area (Å²) in [5, 5.41) is 0.640. The molecule has 1 fully saturated rings. The maximum absolute atomic E-state index is 12.5. The van der Waals surface area contributed by atoms with Gasteiger partial charge in [-0.05, 0) is 43.2 Å². The first-order chi connectivity index (χ1) is 9.67. The number of amides is 1. The molecule has 20 heavy (non-hydrogen) atoms. The van der Waals surface area contributed by atoms with Crippen LogP contribution in [0.4, 0.5) is 0 Å². The lowest BCUT2D eigenvalue weighted by Gasteiger charge is -2.22. The van der Waals surface area contributed by atoms with Crippen LogP contribution in [0.25, 0.3) is 6.08 Å². The average molecular weight is 293 g/mol. The van der Waals surface area contributed by atoms with Crippen molar-refractivity contribution in [1.82, 2.24) is 4.90 Å². The van der Waals surface area contributed by atoms with Crippen LogP contribution in [-0.2, 0) is 4.79 Å². The zero-order valence-corrected chi connectivity index (χ0v) is 11.9. The molecule has 4 nitrogen and oxygen atoms in total. The summed E-state index contributed by atoms with van der Waals surface area (Å²) in [5.74, 6) is 1.24. The molecule has 0 radical (unpaired) electrons. The van der Waals surface area contributed by atoms with E-state index in [4.69, 9.17) is 22.1 Å². The van der Waals surface area contributed by atoms with Crippen molar-refractivity contribution in [2.45, 2.75) is 6.42 Å². The van der Waals surface area contributed by atoms with Gasteiger partial charge in [0.1, 0.15) is 12.4 Å². The van der Waals surface area contributed by atoms with Crippen LogP contribution >= 0.6 is 11.6 Å². The van der Waals surface area contributed by atoms with Gasteiger partial charge in [0.05, 0.1) is 5.57 Å². The zero-order chi connectivity index (χ0) is 14.1. The Hall–Kier alpha value is -1.52. The van der Waals surface area contributed by atoms with Gasteiger partial charge in [0.15, 0.2) is 0 Å². The summed E-state index contributed by atoms with van der Waals surface area (Å²) in [6.07, 6.45) is 2.86. The number of fused-ring (bicyclic) bond motifs is 1. The molecule has 2 N–H and O–H groups in total. The Labute approximate surface area is 123 Å². The third-order valence-corrected chi connectivity index (χ3v) is 4.10. The predicted octanol–water partition coefficient (Wildman–Crippen LogP) is 1.92. The van der Waals surface area contributed by atoms with E-state index in [0.29, 0.717) is 29.7 Å². The molecule has 106 valence electrons. The lowest BCUT2D eigenvalue weighted by atomic mass is 10.1. The molecule has 1 amide bonds. The fourth-order valence-electron chi connectivity index (χ4n) is 2.68. The van der Waals surface area contributed by atoms with E-state index >= 15 is 0 Å². The van der Waals surface area contributed by atoms with Gasteiger partial charge in [0.25, 0.3) is 5.91 Å². The minimum atomic E-state index is 0.0478. The summed E-state index contributed by atoms with van der Waals surface area (Å²) >= 11 is 5.97. The van der Waals surface area contributed by atoms with Crippen LogP contribution in [0.15, 0.2) is 23.8 Å². The van der Waals surface area contributed by atoms with Crippen LogP contribution in [-0.4, -0.2) is 37.0 Å². The maximum atomic E-state index is 12.5. The summed E-state index contributed by atoms with van der Waals surface area (Å²) in [5.41, 5.74) is 7.20. The van der Waals surface area contributed by atoms with Crippen molar-refractivity contribution in [2.75, 3.05) is 26.2 Å². The fraction of sp³-hybridized carbons (Fsp3) is 0.400. The number of halogens is 1. The normalized spacial score (nSPS) is 21.2. The summed E-state index contributed by atoms with van der Waals surface area (Å²) < 4.78 is 5.63.